The molecular formula is C10H5Cl7O. The molecule has 2 bridgehead atoms. The Morgan fingerprint density at radius 1 is 0.833 bits per heavy atom. The van der Waals surface area contributed by atoms with E-state index in [1.165, 1.54) is 0 Å². The number of alkyl halides is 5. The summed E-state index contributed by atoms with van der Waals surface area (Å²) in [6.45, 7) is 0. The van der Waals surface area contributed by atoms with Crippen LogP contribution in [0.4, 0.5) is 0 Å². The van der Waals surface area contributed by atoms with Crippen LogP contribution in [-0.2, 0) is 4.74 Å². The van der Waals surface area contributed by atoms with Crippen LogP contribution >= 0.6 is 81.2 Å². The van der Waals surface area contributed by atoms with Gasteiger partial charge in [0, 0.05) is 11.8 Å². The average Bonchev–Trinajstić information content (AvgIpc) is 2.98. The number of hydrogen-bond donors (Lipinski definition) is 0. The van der Waals surface area contributed by atoms with Gasteiger partial charge in [0.2, 0.25) is 0 Å². The normalized spacial score (nSPS) is 63.2. The maximum atomic E-state index is 6.65. The van der Waals surface area contributed by atoms with Gasteiger partial charge in [-0.05, 0) is 0 Å². The molecule has 0 N–H and O–H groups in total. The number of hydrogen-bond acceptors (Lipinski definition) is 1. The third kappa shape index (κ3) is 1.02. The molecule has 1 nitrogen and oxygen atoms in total. The molecule has 1 aliphatic heterocycles. The molecule has 0 aromatic rings. The molecule has 3 fully saturated rings. The van der Waals surface area contributed by atoms with Gasteiger partial charge in [-0.2, -0.15) is 0 Å². The van der Waals surface area contributed by atoms with Crippen molar-refractivity contribution in [3.8, 4) is 0 Å². The summed E-state index contributed by atoms with van der Waals surface area (Å²) in [6.07, 6.45) is -0.152. The lowest BCUT2D eigenvalue weighted by Crippen LogP contribution is -2.46. The number of epoxide rings is 1. The molecule has 3 aliphatic carbocycles. The second kappa shape index (κ2) is 3.38. The zero-order valence-corrected chi connectivity index (χ0v) is 13.7. The van der Waals surface area contributed by atoms with Crippen molar-refractivity contribution < 1.29 is 4.74 Å². The molecule has 18 heavy (non-hydrogen) atoms. The van der Waals surface area contributed by atoms with Gasteiger partial charge < -0.3 is 4.74 Å². The van der Waals surface area contributed by atoms with Crippen molar-refractivity contribution in [2.45, 2.75) is 31.7 Å². The van der Waals surface area contributed by atoms with Crippen LogP contribution in [0.25, 0.3) is 0 Å². The van der Waals surface area contributed by atoms with Crippen molar-refractivity contribution in [2.75, 3.05) is 0 Å². The van der Waals surface area contributed by atoms with E-state index in [1.807, 2.05) is 0 Å². The van der Waals surface area contributed by atoms with Crippen molar-refractivity contribution in [2.24, 2.45) is 11.8 Å². The van der Waals surface area contributed by atoms with Crippen molar-refractivity contribution in [3.63, 3.8) is 0 Å². The lowest BCUT2D eigenvalue weighted by atomic mass is 9.83. The molecule has 0 amide bonds. The highest BCUT2D eigenvalue weighted by Gasteiger charge is 2.89. The van der Waals surface area contributed by atoms with E-state index < -0.39 is 14.1 Å². The Kier molecular flexibility index (Phi) is 2.52. The minimum Gasteiger partial charge on any atom is -0.368 e. The number of halogens is 7. The minimum absolute atomic E-state index is 0.0608. The summed E-state index contributed by atoms with van der Waals surface area (Å²) < 4.78 is 4.00. The van der Waals surface area contributed by atoms with Crippen LogP contribution in [0, 0.1) is 11.8 Å². The molecule has 0 radical (unpaired) electrons. The summed E-state index contributed by atoms with van der Waals surface area (Å²) in [5.74, 6) is -0.457. The van der Waals surface area contributed by atoms with Gasteiger partial charge in [0.1, 0.15) is 15.9 Å². The van der Waals surface area contributed by atoms with Crippen LogP contribution in [0.5, 0.6) is 0 Å². The second-order valence-electron chi connectivity index (χ2n) is 5.19. The lowest BCUT2D eigenvalue weighted by molar-refractivity contribution is 0.204. The zero-order valence-electron chi connectivity index (χ0n) is 8.44. The van der Waals surface area contributed by atoms with Crippen LogP contribution < -0.4 is 0 Å². The fourth-order valence-electron chi connectivity index (χ4n) is 3.80. The van der Waals surface area contributed by atoms with E-state index in [1.54, 1.807) is 0 Å². The molecule has 8 heteroatoms. The van der Waals surface area contributed by atoms with Crippen LogP contribution in [0.3, 0.4) is 0 Å². The lowest BCUT2D eigenvalue weighted by Gasteiger charge is -2.35. The van der Waals surface area contributed by atoms with Crippen LogP contribution in [0.1, 0.15) is 0 Å². The van der Waals surface area contributed by atoms with E-state index in [2.05, 4.69) is 0 Å². The van der Waals surface area contributed by atoms with Crippen molar-refractivity contribution in [1.29, 1.82) is 0 Å². The van der Waals surface area contributed by atoms with Gasteiger partial charge in [-0.15, -0.1) is 34.8 Å². The summed E-state index contributed by atoms with van der Waals surface area (Å²) >= 11 is 45.0. The molecule has 7 atom stereocenters. The molecule has 0 unspecified atom stereocenters. The van der Waals surface area contributed by atoms with Crippen molar-refractivity contribution in [3.05, 3.63) is 10.1 Å². The Morgan fingerprint density at radius 3 is 1.89 bits per heavy atom. The third-order valence-electron chi connectivity index (χ3n) is 4.62. The zero-order chi connectivity index (χ0) is 13.2. The molecule has 100 valence electrons. The first kappa shape index (κ1) is 13.4. The Balaban J connectivity index is 2.01. The van der Waals surface area contributed by atoms with E-state index in [4.69, 9.17) is 85.9 Å². The number of allylic oxidation sites excluding steroid dienone is 2. The number of ether oxygens (including phenoxy) is 1. The minimum atomic E-state index is -1.50. The predicted molar refractivity (Wildman–Crippen MR) is 75.6 cm³/mol. The average molecular weight is 389 g/mol. The fourth-order valence-corrected chi connectivity index (χ4v) is 7.49. The standard InChI is InChI=1S/C10H5Cl7O/c11-3-1-2(4-5(3)18-4)9(15)7(13)6(12)8(1,14)10(9,16)17/h1-5H/t1-,2-,3-,4-,5+,8-,9-/m0/s1. The quantitative estimate of drug-likeness (QED) is 0.441. The van der Waals surface area contributed by atoms with Gasteiger partial charge in [-0.25, -0.2) is 0 Å². The predicted octanol–water partition coefficient (Wildman–Crippen LogP) is 4.45. The molecule has 0 spiro atoms. The monoisotopic (exact) mass is 386 g/mol. The summed E-state index contributed by atoms with van der Waals surface area (Å²) in [5.41, 5.74) is 0. The smallest absolute Gasteiger partial charge is 0.166 e. The summed E-state index contributed by atoms with van der Waals surface area (Å²) in [5, 5.41) is 0.111. The maximum absolute atomic E-state index is 6.65. The fraction of sp³-hybridized carbons (Fsp3) is 0.800. The molecule has 0 aromatic carbocycles. The van der Waals surface area contributed by atoms with Crippen molar-refractivity contribution >= 4 is 81.2 Å². The second-order valence-corrected chi connectivity index (χ2v) is 8.97. The van der Waals surface area contributed by atoms with E-state index in [-0.39, 0.29) is 39.5 Å². The van der Waals surface area contributed by atoms with Gasteiger partial charge in [0.15, 0.2) is 4.33 Å². The summed E-state index contributed by atoms with van der Waals surface area (Å²) in [6, 6.07) is 0. The SMILES string of the molecule is ClC1=C(Cl)[C@@]2(Cl)[C@@H]3[C@@H]4O[C@@H]4[C@@H](Cl)[C@H]3[C@@]1(Cl)C2(Cl)Cl. The highest BCUT2D eigenvalue weighted by atomic mass is 35.5. The van der Waals surface area contributed by atoms with E-state index in [9.17, 15) is 0 Å². The van der Waals surface area contributed by atoms with Gasteiger partial charge in [0.05, 0.1) is 21.5 Å². The molecule has 2 saturated carbocycles. The molecular weight excluding hydrogens is 384 g/mol. The third-order valence-corrected chi connectivity index (χ3v) is 9.44. The number of fused-ring (bicyclic) bond motifs is 7. The Morgan fingerprint density at radius 2 is 1.33 bits per heavy atom. The van der Waals surface area contributed by atoms with E-state index in [0.717, 1.165) is 0 Å². The molecule has 0 aromatic heterocycles. The Hall–Kier alpha value is 1.73. The Labute approximate surface area is 139 Å². The largest absolute Gasteiger partial charge is 0.368 e. The van der Waals surface area contributed by atoms with E-state index >= 15 is 0 Å². The molecule has 4 aliphatic rings. The molecule has 4 rings (SSSR count). The summed E-state index contributed by atoms with van der Waals surface area (Å²) in [4.78, 5) is -2.48. The first-order chi connectivity index (χ1) is 8.20. The summed E-state index contributed by atoms with van der Waals surface area (Å²) in [7, 11) is 0. The molecule has 1 heterocycles. The van der Waals surface area contributed by atoms with Gasteiger partial charge in [-0.3, -0.25) is 0 Å². The van der Waals surface area contributed by atoms with Crippen LogP contribution in [-0.4, -0.2) is 31.7 Å². The van der Waals surface area contributed by atoms with Crippen LogP contribution in [0.15, 0.2) is 10.1 Å². The topological polar surface area (TPSA) is 12.5 Å². The van der Waals surface area contributed by atoms with E-state index in [0.29, 0.717) is 0 Å². The highest BCUT2D eigenvalue weighted by Crippen LogP contribution is 2.81. The first-order valence-corrected chi connectivity index (χ1v) is 8.02. The van der Waals surface area contributed by atoms with Crippen molar-refractivity contribution in [1.82, 2.24) is 0 Å². The molecule has 1 saturated heterocycles. The van der Waals surface area contributed by atoms with Gasteiger partial charge >= 0.3 is 0 Å². The van der Waals surface area contributed by atoms with Crippen LogP contribution in [0.2, 0.25) is 0 Å². The Bertz CT molecular complexity index is 476. The maximum Gasteiger partial charge on any atom is 0.166 e. The van der Waals surface area contributed by atoms with Gasteiger partial charge in [-0.1, -0.05) is 46.4 Å². The van der Waals surface area contributed by atoms with Gasteiger partial charge in [0.25, 0.3) is 0 Å². The number of rotatable bonds is 0. The first-order valence-electron chi connectivity index (χ1n) is 5.32. The highest BCUT2D eigenvalue weighted by molar-refractivity contribution is 6.66.